The largest absolute Gasteiger partial charge is 0.478 e. The van der Waals surface area contributed by atoms with Crippen molar-refractivity contribution in [1.82, 2.24) is 24.7 Å². The summed E-state index contributed by atoms with van der Waals surface area (Å²) in [7, 11) is 1.79. The number of aromatic nitrogens is 5. The molecule has 0 radical (unpaired) electrons. The second-order valence-corrected chi connectivity index (χ2v) is 4.95. The Bertz CT molecular complexity index is 607. The molecule has 0 aliphatic carbocycles. The first-order valence-electron chi connectivity index (χ1n) is 7.07. The smallest absolute Gasteiger partial charge is 0.218 e. The van der Waals surface area contributed by atoms with E-state index in [1.807, 2.05) is 13.0 Å². The zero-order valence-electron chi connectivity index (χ0n) is 12.2. The van der Waals surface area contributed by atoms with E-state index in [4.69, 9.17) is 10.5 Å². The summed E-state index contributed by atoms with van der Waals surface area (Å²) in [5.74, 6) is 2.59. The van der Waals surface area contributed by atoms with Gasteiger partial charge in [-0.25, -0.2) is 14.6 Å². The van der Waals surface area contributed by atoms with Crippen molar-refractivity contribution in [2.75, 3.05) is 23.8 Å². The molecule has 2 N–H and O–H groups in total. The maximum atomic E-state index is 5.78. The fourth-order valence-corrected chi connectivity index (χ4v) is 2.58. The third kappa shape index (κ3) is 2.61. The van der Waals surface area contributed by atoms with Crippen LogP contribution in [0.4, 0.5) is 11.8 Å². The predicted molar refractivity (Wildman–Crippen MR) is 77.9 cm³/mol. The minimum atomic E-state index is 0.0953. The number of nitrogen functional groups attached to an aromatic ring is 1. The standard InChI is InChI=1S/C13H19N7O/c1-3-21-11-7-10(15-8-16-11)20-6-4-5-9(20)12-17-13(14)19(2)18-12/h7-9H,3-6H2,1-2H3,(H2,14,17,18)/t9-/m1/s1. The van der Waals surface area contributed by atoms with Gasteiger partial charge in [0.2, 0.25) is 11.8 Å². The zero-order chi connectivity index (χ0) is 14.8. The summed E-state index contributed by atoms with van der Waals surface area (Å²) in [6.45, 7) is 3.42. The molecule has 0 unspecified atom stereocenters. The summed E-state index contributed by atoms with van der Waals surface area (Å²) in [6, 6.07) is 1.95. The van der Waals surface area contributed by atoms with Gasteiger partial charge in [0.15, 0.2) is 5.82 Å². The van der Waals surface area contributed by atoms with Crippen LogP contribution in [0, 0.1) is 0 Å². The molecule has 2 aromatic heterocycles. The molecule has 1 fully saturated rings. The van der Waals surface area contributed by atoms with E-state index in [1.165, 1.54) is 6.33 Å². The van der Waals surface area contributed by atoms with Gasteiger partial charge in [0.25, 0.3) is 0 Å². The van der Waals surface area contributed by atoms with E-state index in [-0.39, 0.29) is 6.04 Å². The number of nitrogens with two attached hydrogens (primary N) is 1. The molecule has 21 heavy (non-hydrogen) atoms. The Hall–Kier alpha value is -2.38. The Kier molecular flexibility index (Phi) is 3.59. The first kappa shape index (κ1) is 13.6. The average Bonchev–Trinajstić information content (AvgIpc) is 3.07. The van der Waals surface area contributed by atoms with Gasteiger partial charge >= 0.3 is 0 Å². The Morgan fingerprint density at radius 1 is 1.43 bits per heavy atom. The topological polar surface area (TPSA) is 95.0 Å². The normalized spacial score (nSPS) is 18.2. The third-order valence-electron chi connectivity index (χ3n) is 3.58. The van der Waals surface area contributed by atoms with Crippen LogP contribution in [0.5, 0.6) is 5.88 Å². The van der Waals surface area contributed by atoms with E-state index < -0.39 is 0 Å². The quantitative estimate of drug-likeness (QED) is 0.894. The molecule has 0 bridgehead atoms. The molecule has 3 heterocycles. The highest BCUT2D eigenvalue weighted by Crippen LogP contribution is 2.34. The molecule has 3 rings (SSSR count). The van der Waals surface area contributed by atoms with E-state index in [0.29, 0.717) is 18.4 Å². The molecule has 0 amide bonds. The number of anilines is 2. The van der Waals surface area contributed by atoms with Crippen LogP contribution in [0.3, 0.4) is 0 Å². The molecule has 1 saturated heterocycles. The molecule has 1 atom stereocenters. The van der Waals surface area contributed by atoms with Crippen LogP contribution in [0.1, 0.15) is 31.6 Å². The summed E-state index contributed by atoms with van der Waals surface area (Å²) >= 11 is 0. The molecule has 8 heteroatoms. The molecule has 2 aromatic rings. The van der Waals surface area contributed by atoms with Gasteiger partial charge in [-0.05, 0) is 19.8 Å². The molecule has 1 aliphatic heterocycles. The Balaban J connectivity index is 1.88. The lowest BCUT2D eigenvalue weighted by atomic mass is 10.2. The highest BCUT2D eigenvalue weighted by molar-refractivity contribution is 5.44. The average molecular weight is 289 g/mol. The number of ether oxygens (including phenoxy) is 1. The summed E-state index contributed by atoms with van der Waals surface area (Å²) < 4.78 is 7.03. The van der Waals surface area contributed by atoms with Crippen LogP contribution in [-0.2, 0) is 7.05 Å². The minimum Gasteiger partial charge on any atom is -0.478 e. The molecular formula is C13H19N7O. The third-order valence-corrected chi connectivity index (χ3v) is 3.58. The molecule has 0 aromatic carbocycles. The van der Waals surface area contributed by atoms with Crippen LogP contribution in [0.15, 0.2) is 12.4 Å². The van der Waals surface area contributed by atoms with E-state index in [9.17, 15) is 0 Å². The van der Waals surface area contributed by atoms with Crippen LogP contribution in [-0.4, -0.2) is 37.9 Å². The molecule has 112 valence electrons. The monoisotopic (exact) mass is 289 g/mol. The van der Waals surface area contributed by atoms with Gasteiger partial charge in [-0.3, -0.25) is 0 Å². The number of hydrogen-bond donors (Lipinski definition) is 1. The van der Waals surface area contributed by atoms with E-state index in [2.05, 4.69) is 25.0 Å². The lowest BCUT2D eigenvalue weighted by Gasteiger charge is -2.23. The molecule has 0 saturated carbocycles. The minimum absolute atomic E-state index is 0.0953. The first-order chi connectivity index (χ1) is 10.2. The summed E-state index contributed by atoms with van der Waals surface area (Å²) in [5.41, 5.74) is 5.78. The fraction of sp³-hybridized carbons (Fsp3) is 0.538. The first-order valence-corrected chi connectivity index (χ1v) is 7.07. The summed E-state index contributed by atoms with van der Waals surface area (Å²) in [5, 5.41) is 4.39. The summed E-state index contributed by atoms with van der Waals surface area (Å²) in [4.78, 5) is 15.0. The van der Waals surface area contributed by atoms with Gasteiger partial charge in [0, 0.05) is 19.7 Å². The maximum Gasteiger partial charge on any atom is 0.218 e. The van der Waals surface area contributed by atoms with Crippen LogP contribution < -0.4 is 15.4 Å². The zero-order valence-corrected chi connectivity index (χ0v) is 12.2. The number of aryl methyl sites for hydroxylation is 1. The molecular weight excluding hydrogens is 270 g/mol. The van der Waals surface area contributed by atoms with Gasteiger partial charge in [-0.2, -0.15) is 10.1 Å². The SMILES string of the molecule is CCOc1cc(N2CCC[C@@H]2c2nc(N)n(C)n2)ncn1. The van der Waals surface area contributed by atoms with E-state index in [1.54, 1.807) is 11.7 Å². The fourth-order valence-electron chi connectivity index (χ4n) is 2.58. The van der Waals surface area contributed by atoms with Crippen molar-refractivity contribution in [2.45, 2.75) is 25.8 Å². The highest BCUT2D eigenvalue weighted by atomic mass is 16.5. The molecule has 8 nitrogen and oxygen atoms in total. The van der Waals surface area contributed by atoms with E-state index >= 15 is 0 Å². The Morgan fingerprint density at radius 2 is 2.29 bits per heavy atom. The maximum absolute atomic E-state index is 5.78. The summed E-state index contributed by atoms with van der Waals surface area (Å²) in [6.07, 6.45) is 3.57. The predicted octanol–water partition coefficient (Wildman–Crippen LogP) is 0.927. The Morgan fingerprint density at radius 3 is 3.00 bits per heavy atom. The van der Waals surface area contributed by atoms with Crippen LogP contribution >= 0.6 is 0 Å². The van der Waals surface area contributed by atoms with Crippen molar-refractivity contribution in [1.29, 1.82) is 0 Å². The number of nitrogens with zero attached hydrogens (tertiary/aromatic N) is 6. The number of rotatable bonds is 4. The molecule has 1 aliphatic rings. The van der Waals surface area contributed by atoms with Crippen molar-refractivity contribution >= 4 is 11.8 Å². The van der Waals surface area contributed by atoms with E-state index in [0.717, 1.165) is 31.0 Å². The van der Waals surface area contributed by atoms with Crippen molar-refractivity contribution in [2.24, 2.45) is 7.05 Å². The van der Waals surface area contributed by atoms with Crippen LogP contribution in [0.2, 0.25) is 0 Å². The van der Waals surface area contributed by atoms with Crippen molar-refractivity contribution in [3.8, 4) is 5.88 Å². The van der Waals surface area contributed by atoms with Gasteiger partial charge < -0.3 is 15.4 Å². The second-order valence-electron chi connectivity index (χ2n) is 4.95. The van der Waals surface area contributed by atoms with Crippen molar-refractivity contribution in [3.05, 3.63) is 18.2 Å². The van der Waals surface area contributed by atoms with Gasteiger partial charge in [-0.1, -0.05) is 0 Å². The second kappa shape index (κ2) is 5.55. The lowest BCUT2D eigenvalue weighted by molar-refractivity contribution is 0.326. The lowest BCUT2D eigenvalue weighted by Crippen LogP contribution is -2.24. The number of hydrogen-bond acceptors (Lipinski definition) is 7. The van der Waals surface area contributed by atoms with Gasteiger partial charge in [0.1, 0.15) is 12.1 Å². The van der Waals surface area contributed by atoms with Crippen molar-refractivity contribution < 1.29 is 4.74 Å². The van der Waals surface area contributed by atoms with Gasteiger partial charge in [0.05, 0.1) is 12.6 Å². The molecule has 0 spiro atoms. The van der Waals surface area contributed by atoms with Gasteiger partial charge in [-0.15, -0.1) is 0 Å². The van der Waals surface area contributed by atoms with Crippen molar-refractivity contribution in [3.63, 3.8) is 0 Å². The highest BCUT2D eigenvalue weighted by Gasteiger charge is 2.30. The Labute approximate surface area is 123 Å². The van der Waals surface area contributed by atoms with Crippen LogP contribution in [0.25, 0.3) is 0 Å².